The molecule has 1 aliphatic heterocycles. The van der Waals surface area contributed by atoms with Gasteiger partial charge in [0.2, 0.25) is 15.9 Å². The van der Waals surface area contributed by atoms with E-state index in [1.807, 2.05) is 42.5 Å². The van der Waals surface area contributed by atoms with E-state index in [0.29, 0.717) is 24.7 Å². The normalized spacial score (nSPS) is 15.4. The Balaban J connectivity index is 1.34. The summed E-state index contributed by atoms with van der Waals surface area (Å²) in [4.78, 5) is 12.6. The standard InChI is InChI=1S/C26H27N3O3S2/c1-19-15-17-29(18-16-19)34(31,32)23-12-10-22(11-13-23)27-26(33)28-25(30)14-9-21-7-4-6-20-5-2-3-8-24(20)21/h2-14,19H,15-18H2,1H3,(H2,27,28,30,33)/b14-9+. The van der Waals surface area contributed by atoms with E-state index in [4.69, 9.17) is 12.2 Å². The Bertz CT molecular complexity index is 1320. The van der Waals surface area contributed by atoms with Gasteiger partial charge in [-0.25, -0.2) is 8.42 Å². The first kappa shape index (κ1) is 24.1. The molecule has 0 aliphatic carbocycles. The lowest BCUT2D eigenvalue weighted by molar-refractivity contribution is -0.115. The van der Waals surface area contributed by atoms with Crippen molar-refractivity contribution in [1.29, 1.82) is 0 Å². The number of fused-ring (bicyclic) bond motifs is 1. The second kappa shape index (κ2) is 10.5. The van der Waals surface area contributed by atoms with Crippen LogP contribution >= 0.6 is 12.2 Å². The summed E-state index contributed by atoms with van der Waals surface area (Å²) >= 11 is 5.24. The van der Waals surface area contributed by atoms with Crippen LogP contribution in [0.25, 0.3) is 16.8 Å². The molecule has 1 aliphatic rings. The summed E-state index contributed by atoms with van der Waals surface area (Å²) in [5, 5.41) is 7.83. The van der Waals surface area contributed by atoms with Crippen LogP contribution in [0, 0.1) is 5.92 Å². The second-order valence-corrected chi connectivity index (χ2v) is 10.8. The molecule has 3 aromatic rings. The predicted octanol–water partition coefficient (Wildman–Crippen LogP) is 4.79. The van der Waals surface area contributed by atoms with E-state index in [1.54, 1.807) is 34.6 Å². The lowest BCUT2D eigenvalue weighted by Crippen LogP contribution is -2.37. The third-order valence-corrected chi connectivity index (χ3v) is 8.08. The van der Waals surface area contributed by atoms with Crippen LogP contribution in [0.1, 0.15) is 25.3 Å². The highest BCUT2D eigenvalue weighted by Gasteiger charge is 2.27. The molecule has 0 atom stereocenters. The highest BCUT2D eigenvalue weighted by atomic mass is 32.2. The van der Waals surface area contributed by atoms with Crippen molar-refractivity contribution in [3.8, 4) is 0 Å². The van der Waals surface area contributed by atoms with Crippen molar-refractivity contribution < 1.29 is 13.2 Å². The number of sulfonamides is 1. The van der Waals surface area contributed by atoms with Gasteiger partial charge in [0.15, 0.2) is 5.11 Å². The van der Waals surface area contributed by atoms with Crippen molar-refractivity contribution in [3.05, 3.63) is 78.4 Å². The zero-order valence-corrected chi connectivity index (χ0v) is 20.5. The lowest BCUT2D eigenvalue weighted by Gasteiger charge is -2.29. The first-order valence-electron chi connectivity index (χ1n) is 11.2. The van der Waals surface area contributed by atoms with Gasteiger partial charge in [0.05, 0.1) is 4.90 Å². The minimum Gasteiger partial charge on any atom is -0.332 e. The van der Waals surface area contributed by atoms with Gasteiger partial charge >= 0.3 is 0 Å². The van der Waals surface area contributed by atoms with Crippen LogP contribution in [0.5, 0.6) is 0 Å². The van der Waals surface area contributed by atoms with Crippen LogP contribution in [0.3, 0.4) is 0 Å². The number of nitrogens with zero attached hydrogens (tertiary/aromatic N) is 1. The number of benzene rings is 3. The molecule has 1 amide bonds. The molecule has 1 fully saturated rings. The zero-order valence-electron chi connectivity index (χ0n) is 18.9. The fraction of sp³-hybridized carbons (Fsp3) is 0.231. The third-order valence-electron chi connectivity index (χ3n) is 5.97. The summed E-state index contributed by atoms with van der Waals surface area (Å²) < 4.78 is 27.3. The van der Waals surface area contributed by atoms with Crippen molar-refractivity contribution in [2.45, 2.75) is 24.7 Å². The molecule has 0 saturated carbocycles. The number of hydrogen-bond acceptors (Lipinski definition) is 4. The highest BCUT2D eigenvalue weighted by Crippen LogP contribution is 2.24. The van der Waals surface area contributed by atoms with Crippen LogP contribution in [0.4, 0.5) is 5.69 Å². The van der Waals surface area contributed by atoms with E-state index >= 15 is 0 Å². The molecule has 2 N–H and O–H groups in total. The fourth-order valence-electron chi connectivity index (χ4n) is 3.96. The number of anilines is 1. The number of hydrogen-bond donors (Lipinski definition) is 2. The fourth-order valence-corrected chi connectivity index (χ4v) is 5.65. The van der Waals surface area contributed by atoms with E-state index < -0.39 is 10.0 Å². The summed E-state index contributed by atoms with van der Waals surface area (Å²) in [5.41, 5.74) is 1.53. The molecule has 4 rings (SSSR count). The van der Waals surface area contributed by atoms with E-state index in [0.717, 1.165) is 29.2 Å². The molecular weight excluding hydrogens is 466 g/mol. The number of piperidine rings is 1. The molecule has 3 aromatic carbocycles. The Labute approximate surface area is 205 Å². The number of carbonyl (C=O) groups is 1. The van der Waals surface area contributed by atoms with Crippen LogP contribution in [0.2, 0.25) is 0 Å². The maximum absolute atomic E-state index is 12.9. The van der Waals surface area contributed by atoms with Crippen molar-refractivity contribution >= 4 is 55.8 Å². The molecule has 0 unspecified atom stereocenters. The van der Waals surface area contributed by atoms with Crippen LogP contribution in [-0.2, 0) is 14.8 Å². The second-order valence-electron chi connectivity index (χ2n) is 8.46. The minimum absolute atomic E-state index is 0.133. The van der Waals surface area contributed by atoms with Gasteiger partial charge in [-0.2, -0.15) is 4.31 Å². The Morgan fingerprint density at radius 2 is 1.68 bits per heavy atom. The van der Waals surface area contributed by atoms with Gasteiger partial charge < -0.3 is 5.32 Å². The van der Waals surface area contributed by atoms with Gasteiger partial charge in [0, 0.05) is 24.9 Å². The Kier molecular flexibility index (Phi) is 7.41. The van der Waals surface area contributed by atoms with Gasteiger partial charge in [0.1, 0.15) is 0 Å². The van der Waals surface area contributed by atoms with Crippen molar-refractivity contribution in [2.75, 3.05) is 18.4 Å². The Morgan fingerprint density at radius 3 is 2.41 bits per heavy atom. The SMILES string of the molecule is CC1CCN(S(=O)(=O)c2ccc(NC(=S)NC(=O)/C=C/c3cccc4ccccc34)cc2)CC1. The number of thiocarbonyl (C=S) groups is 1. The van der Waals surface area contributed by atoms with Crippen molar-refractivity contribution in [2.24, 2.45) is 5.92 Å². The molecule has 0 radical (unpaired) electrons. The quantitative estimate of drug-likeness (QED) is 0.395. The highest BCUT2D eigenvalue weighted by molar-refractivity contribution is 7.89. The number of nitrogens with one attached hydrogen (secondary N) is 2. The minimum atomic E-state index is -3.51. The molecule has 1 heterocycles. The van der Waals surface area contributed by atoms with Gasteiger partial charge in [-0.3, -0.25) is 10.1 Å². The summed E-state index contributed by atoms with van der Waals surface area (Å²) in [5.74, 6) is 0.195. The average molecular weight is 494 g/mol. The average Bonchev–Trinajstić information content (AvgIpc) is 2.83. The number of amides is 1. The van der Waals surface area contributed by atoms with E-state index in [9.17, 15) is 13.2 Å². The van der Waals surface area contributed by atoms with Gasteiger partial charge in [0.25, 0.3) is 0 Å². The maximum atomic E-state index is 12.9. The van der Waals surface area contributed by atoms with Crippen molar-refractivity contribution in [1.82, 2.24) is 9.62 Å². The van der Waals surface area contributed by atoms with E-state index in [1.165, 1.54) is 6.08 Å². The molecule has 8 heteroatoms. The predicted molar refractivity (Wildman–Crippen MR) is 141 cm³/mol. The smallest absolute Gasteiger partial charge is 0.250 e. The summed E-state index contributed by atoms with van der Waals surface area (Å²) in [6.07, 6.45) is 4.94. The third kappa shape index (κ3) is 5.70. The number of carbonyl (C=O) groups excluding carboxylic acids is 1. The van der Waals surface area contributed by atoms with Crippen LogP contribution in [0.15, 0.2) is 77.7 Å². The van der Waals surface area contributed by atoms with Gasteiger partial charge in [-0.1, -0.05) is 49.4 Å². The zero-order chi connectivity index (χ0) is 24.1. The topological polar surface area (TPSA) is 78.5 Å². The van der Waals surface area contributed by atoms with Gasteiger partial charge in [-0.05, 0) is 77.7 Å². The Morgan fingerprint density at radius 1 is 1.00 bits per heavy atom. The van der Waals surface area contributed by atoms with Crippen LogP contribution in [-0.4, -0.2) is 36.8 Å². The Hall–Kier alpha value is -3.07. The first-order chi connectivity index (χ1) is 16.3. The van der Waals surface area contributed by atoms with E-state index in [-0.39, 0.29) is 15.9 Å². The maximum Gasteiger partial charge on any atom is 0.250 e. The summed E-state index contributed by atoms with van der Waals surface area (Å²) in [6.45, 7) is 3.24. The molecule has 0 aromatic heterocycles. The molecule has 0 bridgehead atoms. The summed E-state index contributed by atoms with van der Waals surface area (Å²) in [6, 6.07) is 20.3. The molecule has 0 spiro atoms. The lowest BCUT2D eigenvalue weighted by atomic mass is 10.0. The first-order valence-corrected chi connectivity index (χ1v) is 13.1. The van der Waals surface area contributed by atoms with Gasteiger partial charge in [-0.15, -0.1) is 0 Å². The summed E-state index contributed by atoms with van der Waals surface area (Å²) in [7, 11) is -3.51. The van der Waals surface area contributed by atoms with Crippen molar-refractivity contribution in [3.63, 3.8) is 0 Å². The largest absolute Gasteiger partial charge is 0.332 e. The van der Waals surface area contributed by atoms with E-state index in [2.05, 4.69) is 17.6 Å². The molecule has 6 nitrogen and oxygen atoms in total. The molecule has 176 valence electrons. The monoisotopic (exact) mass is 493 g/mol. The molecular formula is C26H27N3O3S2. The van der Waals surface area contributed by atoms with Crippen LogP contribution < -0.4 is 10.6 Å². The molecule has 1 saturated heterocycles. The molecule has 34 heavy (non-hydrogen) atoms. The number of rotatable bonds is 5.